The van der Waals surface area contributed by atoms with Gasteiger partial charge in [0.1, 0.15) is 5.75 Å². The van der Waals surface area contributed by atoms with Crippen LogP contribution in [0.25, 0.3) is 10.8 Å². The molecule has 0 saturated carbocycles. The maximum Gasteiger partial charge on any atom is 0.252 e. The van der Waals surface area contributed by atoms with Crippen molar-refractivity contribution in [3.05, 3.63) is 42.0 Å². The number of hydrogen-bond donors (Lipinski definition) is 1. The normalized spacial score (nSPS) is 18.5. The molecule has 1 unspecified atom stereocenters. The maximum atomic E-state index is 12.7. The summed E-state index contributed by atoms with van der Waals surface area (Å²) in [5, 5.41) is 5.09. The van der Waals surface area contributed by atoms with E-state index in [0.717, 1.165) is 36.0 Å². The van der Waals surface area contributed by atoms with E-state index in [0.29, 0.717) is 11.6 Å². The van der Waals surface area contributed by atoms with Crippen molar-refractivity contribution in [3.8, 4) is 5.75 Å². The highest BCUT2D eigenvalue weighted by molar-refractivity contribution is 6.08. The molecule has 3 rings (SSSR count). The van der Waals surface area contributed by atoms with E-state index in [2.05, 4.69) is 24.1 Å². The Morgan fingerprint density at radius 2 is 1.96 bits per heavy atom. The first-order chi connectivity index (χ1) is 11.1. The molecule has 2 aromatic rings. The lowest BCUT2D eigenvalue weighted by molar-refractivity contribution is 0.0938. The highest BCUT2D eigenvalue weighted by Crippen LogP contribution is 2.28. The van der Waals surface area contributed by atoms with Crippen LogP contribution in [0.2, 0.25) is 0 Å². The number of benzene rings is 2. The van der Waals surface area contributed by atoms with E-state index in [1.165, 1.54) is 0 Å². The van der Waals surface area contributed by atoms with Crippen molar-refractivity contribution in [2.45, 2.75) is 32.4 Å². The third kappa shape index (κ3) is 3.17. The van der Waals surface area contributed by atoms with E-state index in [1.807, 2.05) is 36.4 Å². The summed E-state index contributed by atoms with van der Waals surface area (Å²) in [7, 11) is 1.65. The summed E-state index contributed by atoms with van der Waals surface area (Å²) in [5.74, 6) is 0.795. The standard InChI is InChI=1S/C19H24N2O2/c1-13(2)21-11-10-14(12-21)20-19(22)17-8-9-18(23-3)16-7-5-4-6-15(16)17/h4-9,13-14H,10-12H2,1-3H3,(H,20,22). The number of carbonyl (C=O) groups excluding carboxylic acids is 1. The zero-order valence-electron chi connectivity index (χ0n) is 14.0. The van der Waals surface area contributed by atoms with Crippen LogP contribution in [-0.2, 0) is 0 Å². The number of rotatable bonds is 4. The largest absolute Gasteiger partial charge is 0.496 e. The SMILES string of the molecule is COc1ccc(C(=O)NC2CCN(C(C)C)C2)c2ccccc12. The molecule has 0 radical (unpaired) electrons. The number of methoxy groups -OCH3 is 1. The van der Waals surface area contributed by atoms with Gasteiger partial charge in [0, 0.05) is 36.1 Å². The summed E-state index contributed by atoms with van der Waals surface area (Å²) in [6, 6.07) is 12.4. The van der Waals surface area contributed by atoms with Crippen molar-refractivity contribution >= 4 is 16.7 Å². The molecule has 4 nitrogen and oxygen atoms in total. The molecule has 2 aromatic carbocycles. The fourth-order valence-corrected chi connectivity index (χ4v) is 3.28. The smallest absolute Gasteiger partial charge is 0.252 e. The van der Waals surface area contributed by atoms with Crippen LogP contribution in [0.1, 0.15) is 30.6 Å². The van der Waals surface area contributed by atoms with Gasteiger partial charge in [-0.1, -0.05) is 24.3 Å². The molecule has 0 aromatic heterocycles. The van der Waals surface area contributed by atoms with Crippen LogP contribution in [-0.4, -0.2) is 43.1 Å². The lowest BCUT2D eigenvalue weighted by Crippen LogP contribution is -2.38. The van der Waals surface area contributed by atoms with Crippen LogP contribution < -0.4 is 10.1 Å². The van der Waals surface area contributed by atoms with Crippen molar-refractivity contribution < 1.29 is 9.53 Å². The van der Waals surface area contributed by atoms with Gasteiger partial charge in [-0.25, -0.2) is 0 Å². The molecule has 1 heterocycles. The third-order valence-electron chi connectivity index (χ3n) is 4.63. The second-order valence-corrected chi connectivity index (χ2v) is 6.41. The summed E-state index contributed by atoms with van der Waals surface area (Å²) in [4.78, 5) is 15.1. The minimum Gasteiger partial charge on any atom is -0.496 e. The van der Waals surface area contributed by atoms with E-state index in [4.69, 9.17) is 4.74 Å². The van der Waals surface area contributed by atoms with Gasteiger partial charge in [0.25, 0.3) is 5.91 Å². The average Bonchev–Trinajstić information content (AvgIpc) is 3.02. The van der Waals surface area contributed by atoms with E-state index < -0.39 is 0 Å². The predicted molar refractivity (Wildman–Crippen MR) is 93.1 cm³/mol. The van der Waals surface area contributed by atoms with Gasteiger partial charge in [-0.05, 0) is 37.8 Å². The van der Waals surface area contributed by atoms with Crippen molar-refractivity contribution in [2.75, 3.05) is 20.2 Å². The molecule has 1 amide bonds. The molecular weight excluding hydrogens is 288 g/mol. The van der Waals surface area contributed by atoms with E-state index >= 15 is 0 Å². The average molecular weight is 312 g/mol. The summed E-state index contributed by atoms with van der Waals surface area (Å²) < 4.78 is 5.40. The second-order valence-electron chi connectivity index (χ2n) is 6.41. The first kappa shape index (κ1) is 15.8. The fourth-order valence-electron chi connectivity index (χ4n) is 3.28. The number of hydrogen-bond acceptors (Lipinski definition) is 3. The summed E-state index contributed by atoms with van der Waals surface area (Å²) in [6.07, 6.45) is 1.01. The fraction of sp³-hybridized carbons (Fsp3) is 0.421. The zero-order chi connectivity index (χ0) is 16.4. The molecule has 4 heteroatoms. The Morgan fingerprint density at radius 1 is 1.22 bits per heavy atom. The lowest BCUT2D eigenvalue weighted by atomic mass is 10.0. The van der Waals surface area contributed by atoms with Crippen LogP contribution in [0.4, 0.5) is 0 Å². The Bertz CT molecular complexity index is 712. The quantitative estimate of drug-likeness (QED) is 0.943. The zero-order valence-corrected chi connectivity index (χ0v) is 14.0. The van der Waals surface area contributed by atoms with Crippen molar-refractivity contribution in [1.82, 2.24) is 10.2 Å². The Kier molecular flexibility index (Phi) is 4.53. The van der Waals surface area contributed by atoms with E-state index in [1.54, 1.807) is 7.11 Å². The molecule has 0 spiro atoms. The van der Waals surface area contributed by atoms with Gasteiger partial charge in [-0.2, -0.15) is 0 Å². The van der Waals surface area contributed by atoms with Crippen molar-refractivity contribution in [2.24, 2.45) is 0 Å². The Balaban J connectivity index is 1.82. The summed E-state index contributed by atoms with van der Waals surface area (Å²) >= 11 is 0. The number of likely N-dealkylation sites (tertiary alicyclic amines) is 1. The van der Waals surface area contributed by atoms with E-state index in [9.17, 15) is 4.79 Å². The summed E-state index contributed by atoms with van der Waals surface area (Å²) in [6.45, 7) is 6.37. The van der Waals surface area contributed by atoms with Crippen molar-refractivity contribution in [3.63, 3.8) is 0 Å². The van der Waals surface area contributed by atoms with Crippen LogP contribution in [0.5, 0.6) is 5.75 Å². The van der Waals surface area contributed by atoms with Gasteiger partial charge in [0.2, 0.25) is 0 Å². The van der Waals surface area contributed by atoms with Gasteiger partial charge >= 0.3 is 0 Å². The van der Waals surface area contributed by atoms with Crippen LogP contribution in [0, 0.1) is 0 Å². The van der Waals surface area contributed by atoms with E-state index in [-0.39, 0.29) is 11.9 Å². The van der Waals surface area contributed by atoms with Gasteiger partial charge < -0.3 is 10.1 Å². The van der Waals surface area contributed by atoms with Gasteiger partial charge in [0.05, 0.1) is 7.11 Å². The first-order valence-corrected chi connectivity index (χ1v) is 8.21. The molecule has 0 bridgehead atoms. The molecule has 1 fully saturated rings. The highest BCUT2D eigenvalue weighted by Gasteiger charge is 2.26. The van der Waals surface area contributed by atoms with Crippen LogP contribution in [0.3, 0.4) is 0 Å². The Labute approximate surface area is 137 Å². The van der Waals surface area contributed by atoms with Crippen molar-refractivity contribution in [1.29, 1.82) is 0 Å². The van der Waals surface area contributed by atoms with Crippen LogP contribution in [0.15, 0.2) is 36.4 Å². The number of amides is 1. The van der Waals surface area contributed by atoms with Gasteiger partial charge in [0.15, 0.2) is 0 Å². The van der Waals surface area contributed by atoms with Gasteiger partial charge in [-0.15, -0.1) is 0 Å². The highest BCUT2D eigenvalue weighted by atomic mass is 16.5. The van der Waals surface area contributed by atoms with Gasteiger partial charge in [-0.3, -0.25) is 9.69 Å². The monoisotopic (exact) mass is 312 g/mol. The Hall–Kier alpha value is -2.07. The topological polar surface area (TPSA) is 41.6 Å². The lowest BCUT2D eigenvalue weighted by Gasteiger charge is -2.20. The third-order valence-corrected chi connectivity index (χ3v) is 4.63. The molecule has 1 atom stereocenters. The molecule has 23 heavy (non-hydrogen) atoms. The molecule has 0 aliphatic carbocycles. The maximum absolute atomic E-state index is 12.7. The molecule has 1 aliphatic heterocycles. The minimum absolute atomic E-state index is 0.000501. The Morgan fingerprint density at radius 3 is 2.61 bits per heavy atom. The molecule has 122 valence electrons. The van der Waals surface area contributed by atoms with Crippen LogP contribution >= 0.6 is 0 Å². The number of carbonyl (C=O) groups is 1. The predicted octanol–water partition coefficient (Wildman–Crippen LogP) is 3.06. The molecule has 1 saturated heterocycles. The number of fused-ring (bicyclic) bond motifs is 1. The molecule has 1 aliphatic rings. The first-order valence-electron chi connectivity index (χ1n) is 8.21. The number of nitrogens with one attached hydrogen (secondary N) is 1. The number of ether oxygens (including phenoxy) is 1. The molecular formula is C19H24N2O2. The summed E-state index contributed by atoms with van der Waals surface area (Å²) in [5.41, 5.74) is 0.712. The molecule has 1 N–H and O–H groups in total. The minimum atomic E-state index is -0.000501. The second kappa shape index (κ2) is 6.59. The number of nitrogens with zero attached hydrogens (tertiary/aromatic N) is 1.